The Morgan fingerprint density at radius 1 is 1.35 bits per heavy atom. The summed E-state index contributed by atoms with van der Waals surface area (Å²) in [6.45, 7) is 2.45. The molecule has 0 saturated heterocycles. The minimum absolute atomic E-state index is 0.00847. The lowest BCUT2D eigenvalue weighted by atomic mass is 9.93. The minimum Gasteiger partial charge on any atom is -0.394 e. The molecule has 0 aliphatic heterocycles. The third-order valence-corrected chi connectivity index (χ3v) is 2.87. The van der Waals surface area contributed by atoms with Crippen LogP contribution in [0.15, 0.2) is 30.3 Å². The molecule has 0 aliphatic carbocycles. The van der Waals surface area contributed by atoms with Gasteiger partial charge < -0.3 is 15.7 Å². The van der Waals surface area contributed by atoms with E-state index in [0.717, 1.165) is 5.56 Å². The van der Waals surface area contributed by atoms with Crippen molar-refractivity contribution in [3.05, 3.63) is 35.9 Å². The first-order valence-electron chi connectivity index (χ1n) is 5.74. The van der Waals surface area contributed by atoms with Gasteiger partial charge in [-0.15, -0.1) is 0 Å². The van der Waals surface area contributed by atoms with Crippen LogP contribution in [0.1, 0.15) is 18.9 Å². The molecule has 1 atom stereocenters. The monoisotopic (exact) mass is 236 g/mol. The highest BCUT2D eigenvalue weighted by Gasteiger charge is 2.24. The molecular formula is C13H20N2O2. The molecular weight excluding hydrogens is 216 g/mol. The van der Waals surface area contributed by atoms with Crippen LogP contribution < -0.4 is 10.6 Å². The summed E-state index contributed by atoms with van der Waals surface area (Å²) < 4.78 is 0. The third-order valence-electron chi connectivity index (χ3n) is 2.87. The van der Waals surface area contributed by atoms with Crippen LogP contribution in [0.25, 0.3) is 0 Å². The molecule has 0 aromatic heterocycles. The first-order valence-corrected chi connectivity index (χ1v) is 5.74. The Bertz CT molecular complexity index is 354. The number of nitrogens with one attached hydrogen (secondary N) is 2. The molecule has 1 unspecified atom stereocenters. The zero-order valence-electron chi connectivity index (χ0n) is 10.4. The smallest absolute Gasteiger partial charge is 0.221 e. The summed E-state index contributed by atoms with van der Waals surface area (Å²) in [5, 5.41) is 15.3. The van der Waals surface area contributed by atoms with Crippen LogP contribution in [0.2, 0.25) is 0 Å². The van der Waals surface area contributed by atoms with Crippen LogP contribution in [0.4, 0.5) is 0 Å². The number of benzene rings is 1. The summed E-state index contributed by atoms with van der Waals surface area (Å²) in [4.78, 5) is 11.1. The molecule has 0 bridgehead atoms. The summed E-state index contributed by atoms with van der Waals surface area (Å²) in [6.07, 6.45) is 0.402. The highest BCUT2D eigenvalue weighted by atomic mass is 16.3. The molecule has 94 valence electrons. The molecule has 1 aromatic carbocycles. The molecule has 1 aromatic rings. The molecule has 0 heterocycles. The van der Waals surface area contributed by atoms with Crippen LogP contribution in [-0.2, 0) is 10.3 Å². The Balaban J connectivity index is 2.60. The zero-order valence-corrected chi connectivity index (χ0v) is 10.4. The summed E-state index contributed by atoms with van der Waals surface area (Å²) in [5.74, 6) is -0.00847. The number of carbonyl (C=O) groups is 1. The molecule has 3 N–H and O–H groups in total. The van der Waals surface area contributed by atoms with Crippen LogP contribution in [0, 0.1) is 0 Å². The highest BCUT2D eigenvalue weighted by molar-refractivity contribution is 5.75. The fourth-order valence-electron chi connectivity index (χ4n) is 1.63. The lowest BCUT2D eigenvalue weighted by molar-refractivity contribution is -0.120. The molecule has 4 nitrogen and oxygen atoms in total. The molecule has 4 heteroatoms. The van der Waals surface area contributed by atoms with Crippen molar-refractivity contribution >= 4 is 5.91 Å². The summed E-state index contributed by atoms with van der Waals surface area (Å²) in [5.41, 5.74) is 0.509. The van der Waals surface area contributed by atoms with Crippen LogP contribution in [-0.4, -0.2) is 31.2 Å². The van der Waals surface area contributed by atoms with Crippen molar-refractivity contribution in [2.75, 3.05) is 20.2 Å². The quantitative estimate of drug-likeness (QED) is 0.678. The SMILES string of the molecule is CNC(=O)CCNC(C)(CO)c1ccccc1. The molecule has 17 heavy (non-hydrogen) atoms. The molecule has 0 radical (unpaired) electrons. The average Bonchev–Trinajstić information content (AvgIpc) is 2.39. The molecule has 0 aliphatic rings. The van der Waals surface area contributed by atoms with Gasteiger partial charge in [-0.05, 0) is 12.5 Å². The van der Waals surface area contributed by atoms with E-state index in [-0.39, 0.29) is 12.5 Å². The van der Waals surface area contributed by atoms with Gasteiger partial charge in [-0.3, -0.25) is 4.79 Å². The Morgan fingerprint density at radius 2 is 2.00 bits per heavy atom. The summed E-state index contributed by atoms with van der Waals surface area (Å²) in [7, 11) is 1.62. The second-order valence-electron chi connectivity index (χ2n) is 4.21. The van der Waals surface area contributed by atoms with E-state index in [1.165, 1.54) is 0 Å². The second kappa shape index (κ2) is 6.37. The van der Waals surface area contributed by atoms with Crippen molar-refractivity contribution in [1.82, 2.24) is 10.6 Å². The first kappa shape index (κ1) is 13.7. The lowest BCUT2D eigenvalue weighted by Gasteiger charge is -2.29. The largest absolute Gasteiger partial charge is 0.394 e. The van der Waals surface area contributed by atoms with E-state index in [0.29, 0.717) is 13.0 Å². The lowest BCUT2D eigenvalue weighted by Crippen LogP contribution is -2.44. The van der Waals surface area contributed by atoms with E-state index in [9.17, 15) is 9.90 Å². The topological polar surface area (TPSA) is 61.4 Å². The average molecular weight is 236 g/mol. The van der Waals surface area contributed by atoms with Crippen molar-refractivity contribution < 1.29 is 9.90 Å². The fourth-order valence-corrected chi connectivity index (χ4v) is 1.63. The molecule has 1 rings (SSSR count). The number of hydrogen-bond donors (Lipinski definition) is 3. The number of aliphatic hydroxyl groups is 1. The maximum absolute atomic E-state index is 11.1. The fraction of sp³-hybridized carbons (Fsp3) is 0.462. The van der Waals surface area contributed by atoms with E-state index >= 15 is 0 Å². The molecule has 0 spiro atoms. The number of amides is 1. The standard InChI is InChI=1S/C13H20N2O2/c1-13(10-16,11-6-4-3-5-7-11)15-9-8-12(17)14-2/h3-7,15-16H,8-10H2,1-2H3,(H,14,17). The van der Waals surface area contributed by atoms with Crippen LogP contribution >= 0.6 is 0 Å². The van der Waals surface area contributed by atoms with Crippen molar-refractivity contribution in [1.29, 1.82) is 0 Å². The van der Waals surface area contributed by atoms with Gasteiger partial charge in [0.25, 0.3) is 0 Å². The van der Waals surface area contributed by atoms with Crippen LogP contribution in [0.3, 0.4) is 0 Å². The predicted molar refractivity (Wildman–Crippen MR) is 67.6 cm³/mol. The van der Waals surface area contributed by atoms with Crippen molar-refractivity contribution in [3.63, 3.8) is 0 Å². The van der Waals surface area contributed by atoms with Gasteiger partial charge in [0.1, 0.15) is 0 Å². The molecule has 0 fully saturated rings. The second-order valence-corrected chi connectivity index (χ2v) is 4.21. The maximum Gasteiger partial charge on any atom is 0.221 e. The Kier molecular flexibility index (Phi) is 5.12. The maximum atomic E-state index is 11.1. The first-order chi connectivity index (χ1) is 8.12. The van der Waals surface area contributed by atoms with E-state index < -0.39 is 5.54 Å². The summed E-state index contributed by atoms with van der Waals surface area (Å²) >= 11 is 0. The van der Waals surface area contributed by atoms with Gasteiger partial charge in [0.2, 0.25) is 5.91 Å². The van der Waals surface area contributed by atoms with E-state index in [2.05, 4.69) is 10.6 Å². The van der Waals surface area contributed by atoms with E-state index in [4.69, 9.17) is 0 Å². The Hall–Kier alpha value is -1.39. The van der Waals surface area contributed by atoms with Gasteiger partial charge in [-0.1, -0.05) is 30.3 Å². The van der Waals surface area contributed by atoms with Gasteiger partial charge in [0, 0.05) is 20.0 Å². The normalized spacial score (nSPS) is 14.1. The minimum atomic E-state index is -0.505. The molecule has 1 amide bonds. The third kappa shape index (κ3) is 3.84. The van der Waals surface area contributed by atoms with Crippen molar-refractivity contribution in [3.8, 4) is 0 Å². The van der Waals surface area contributed by atoms with Crippen LogP contribution in [0.5, 0.6) is 0 Å². The van der Waals surface area contributed by atoms with Gasteiger partial charge in [-0.2, -0.15) is 0 Å². The number of rotatable bonds is 6. The van der Waals surface area contributed by atoms with E-state index in [1.807, 2.05) is 37.3 Å². The van der Waals surface area contributed by atoms with Gasteiger partial charge >= 0.3 is 0 Å². The van der Waals surface area contributed by atoms with Gasteiger partial charge in [-0.25, -0.2) is 0 Å². The van der Waals surface area contributed by atoms with Crippen molar-refractivity contribution in [2.45, 2.75) is 18.9 Å². The number of aliphatic hydroxyl groups excluding tert-OH is 1. The van der Waals surface area contributed by atoms with Gasteiger partial charge in [0.05, 0.1) is 12.1 Å². The number of carbonyl (C=O) groups excluding carboxylic acids is 1. The highest BCUT2D eigenvalue weighted by Crippen LogP contribution is 2.19. The summed E-state index contributed by atoms with van der Waals surface area (Å²) in [6, 6.07) is 9.73. The Labute approximate surface area is 102 Å². The zero-order chi connectivity index (χ0) is 12.7. The van der Waals surface area contributed by atoms with Gasteiger partial charge in [0.15, 0.2) is 0 Å². The number of hydrogen-bond acceptors (Lipinski definition) is 3. The molecule has 0 saturated carbocycles. The Morgan fingerprint density at radius 3 is 2.53 bits per heavy atom. The van der Waals surface area contributed by atoms with Crippen molar-refractivity contribution in [2.24, 2.45) is 0 Å². The van der Waals surface area contributed by atoms with E-state index in [1.54, 1.807) is 7.05 Å². The predicted octanol–water partition coefficient (Wildman–Crippen LogP) is 0.620.